The quantitative estimate of drug-likeness (QED) is 0.565. The molecule has 0 fully saturated rings. The molecule has 0 saturated heterocycles. The lowest BCUT2D eigenvalue weighted by Crippen LogP contribution is -2.38. The van der Waals surface area contributed by atoms with Crippen molar-refractivity contribution in [1.29, 1.82) is 0 Å². The molecule has 3 heteroatoms. The van der Waals surface area contributed by atoms with Crippen molar-refractivity contribution in [1.82, 2.24) is 10.2 Å². The maximum atomic E-state index is 10.6. The smallest absolute Gasteiger partial charge is 0.295 e. The third kappa shape index (κ3) is 5.43. The molecule has 0 aromatic heterocycles. The second-order valence-corrected chi connectivity index (χ2v) is 2.78. The Hall–Kier alpha value is -1.01. The summed E-state index contributed by atoms with van der Waals surface area (Å²) in [5.41, 5.74) is 0. The van der Waals surface area contributed by atoms with E-state index in [9.17, 15) is 4.79 Å². The third-order valence-electron chi connectivity index (χ3n) is 1.15. The summed E-state index contributed by atoms with van der Waals surface area (Å²) in [6.45, 7) is 2.71. The van der Waals surface area contributed by atoms with Crippen LogP contribution in [0.4, 0.5) is 0 Å². The van der Waals surface area contributed by atoms with Crippen LogP contribution in [0.5, 0.6) is 0 Å². The van der Waals surface area contributed by atoms with Gasteiger partial charge >= 0.3 is 0 Å². The Balaban J connectivity index is 3.62. The number of nitrogens with zero attached hydrogens (tertiary/aromatic N) is 1. The molecule has 0 radical (unpaired) electrons. The van der Waals surface area contributed by atoms with Gasteiger partial charge in [-0.25, -0.2) is 0 Å². The zero-order valence-corrected chi connectivity index (χ0v) is 7.22. The number of rotatable bonds is 3. The van der Waals surface area contributed by atoms with Gasteiger partial charge in [0, 0.05) is 12.6 Å². The van der Waals surface area contributed by atoms with Gasteiger partial charge in [0.05, 0.1) is 0 Å². The molecule has 62 valence electrons. The minimum Gasteiger partial charge on any atom is -0.342 e. The molecular weight excluding hydrogens is 140 g/mol. The highest BCUT2D eigenvalue weighted by molar-refractivity contribution is 5.92. The Morgan fingerprint density at radius 1 is 1.73 bits per heavy atom. The summed E-state index contributed by atoms with van der Waals surface area (Å²) < 4.78 is 0. The van der Waals surface area contributed by atoms with Gasteiger partial charge in [-0.05, 0) is 26.9 Å². The van der Waals surface area contributed by atoms with Gasteiger partial charge in [-0.15, -0.1) is 6.42 Å². The van der Waals surface area contributed by atoms with Crippen LogP contribution in [0.25, 0.3) is 0 Å². The number of terminal acetylenes is 1. The normalized spacial score (nSPS) is 12.3. The lowest BCUT2D eigenvalue weighted by Gasteiger charge is -2.16. The summed E-state index contributed by atoms with van der Waals surface area (Å²) in [7, 11) is 3.89. The molecule has 0 saturated carbocycles. The van der Waals surface area contributed by atoms with Gasteiger partial charge in [-0.1, -0.05) is 0 Å². The summed E-state index contributed by atoms with van der Waals surface area (Å²) in [5.74, 6) is 1.65. The van der Waals surface area contributed by atoms with Gasteiger partial charge in [-0.3, -0.25) is 4.79 Å². The van der Waals surface area contributed by atoms with E-state index in [1.807, 2.05) is 31.8 Å². The van der Waals surface area contributed by atoms with Crippen LogP contribution in [0, 0.1) is 12.3 Å². The van der Waals surface area contributed by atoms with Gasteiger partial charge in [0.15, 0.2) is 0 Å². The number of amides is 1. The van der Waals surface area contributed by atoms with Crippen molar-refractivity contribution >= 4 is 5.91 Å². The molecule has 0 aliphatic heterocycles. The molecule has 0 aliphatic carbocycles. The Kier molecular flexibility index (Phi) is 4.32. The average Bonchev–Trinajstić information content (AvgIpc) is 1.85. The molecule has 0 aromatic rings. The van der Waals surface area contributed by atoms with Crippen LogP contribution >= 0.6 is 0 Å². The summed E-state index contributed by atoms with van der Waals surface area (Å²) in [4.78, 5) is 12.6. The van der Waals surface area contributed by atoms with Crippen molar-refractivity contribution < 1.29 is 4.79 Å². The summed E-state index contributed by atoms with van der Waals surface area (Å²) in [5, 5.41) is 2.64. The number of carbonyl (C=O) groups excluding carboxylic acids is 1. The van der Waals surface area contributed by atoms with Crippen molar-refractivity contribution in [3.05, 3.63) is 0 Å². The highest BCUT2D eigenvalue weighted by atomic mass is 16.1. The SMILES string of the molecule is C#CC(=O)N[C@@H](C)CN(C)C. The van der Waals surface area contributed by atoms with Gasteiger partial charge in [-0.2, -0.15) is 0 Å². The number of hydrogen-bond acceptors (Lipinski definition) is 2. The van der Waals surface area contributed by atoms with Crippen molar-refractivity contribution in [2.24, 2.45) is 0 Å². The van der Waals surface area contributed by atoms with E-state index in [-0.39, 0.29) is 11.9 Å². The van der Waals surface area contributed by atoms with E-state index in [1.165, 1.54) is 0 Å². The van der Waals surface area contributed by atoms with Crippen LogP contribution in [-0.4, -0.2) is 37.5 Å². The first-order chi connectivity index (χ1) is 5.06. The predicted octanol–water partition coefficient (Wildman–Crippen LogP) is -0.314. The first-order valence-electron chi connectivity index (χ1n) is 3.48. The molecule has 11 heavy (non-hydrogen) atoms. The zero-order valence-electron chi connectivity index (χ0n) is 7.22. The Morgan fingerprint density at radius 3 is 2.64 bits per heavy atom. The van der Waals surface area contributed by atoms with Gasteiger partial charge in [0.2, 0.25) is 0 Å². The predicted molar refractivity (Wildman–Crippen MR) is 45.0 cm³/mol. The minimum absolute atomic E-state index is 0.105. The molecule has 0 spiro atoms. The minimum atomic E-state index is -0.348. The maximum absolute atomic E-state index is 10.6. The molecule has 1 amide bonds. The van der Waals surface area contributed by atoms with Crippen molar-refractivity contribution in [3.63, 3.8) is 0 Å². The van der Waals surface area contributed by atoms with Gasteiger partial charge in [0.25, 0.3) is 5.91 Å². The fraction of sp³-hybridized carbons (Fsp3) is 0.625. The molecule has 1 N–H and O–H groups in total. The number of nitrogens with one attached hydrogen (secondary N) is 1. The monoisotopic (exact) mass is 154 g/mol. The molecule has 0 unspecified atom stereocenters. The topological polar surface area (TPSA) is 32.3 Å². The van der Waals surface area contributed by atoms with Crippen molar-refractivity contribution in [2.45, 2.75) is 13.0 Å². The molecule has 0 heterocycles. The highest BCUT2D eigenvalue weighted by Crippen LogP contribution is 1.83. The lowest BCUT2D eigenvalue weighted by molar-refractivity contribution is -0.116. The largest absolute Gasteiger partial charge is 0.342 e. The van der Waals surface area contributed by atoms with Crippen molar-refractivity contribution in [2.75, 3.05) is 20.6 Å². The Morgan fingerprint density at radius 2 is 2.27 bits per heavy atom. The zero-order chi connectivity index (χ0) is 8.85. The van der Waals surface area contributed by atoms with E-state index in [1.54, 1.807) is 0 Å². The number of likely N-dealkylation sites (N-methyl/N-ethyl adjacent to an activating group) is 1. The number of carbonyl (C=O) groups is 1. The molecule has 0 aliphatic rings. The van der Waals surface area contributed by atoms with Crippen LogP contribution in [0.3, 0.4) is 0 Å². The Labute approximate surface area is 67.8 Å². The highest BCUT2D eigenvalue weighted by Gasteiger charge is 2.04. The lowest BCUT2D eigenvalue weighted by atomic mass is 10.3. The van der Waals surface area contributed by atoms with E-state index in [0.29, 0.717) is 0 Å². The molecule has 1 atom stereocenters. The van der Waals surface area contributed by atoms with E-state index < -0.39 is 0 Å². The molecular formula is C8H14N2O. The second kappa shape index (κ2) is 4.75. The van der Waals surface area contributed by atoms with Crippen LogP contribution in [0.1, 0.15) is 6.92 Å². The molecule has 0 rings (SSSR count). The van der Waals surface area contributed by atoms with Gasteiger partial charge in [0.1, 0.15) is 0 Å². The number of hydrogen-bond donors (Lipinski definition) is 1. The molecule has 0 bridgehead atoms. The maximum Gasteiger partial charge on any atom is 0.295 e. The van der Waals surface area contributed by atoms with Crippen molar-refractivity contribution in [3.8, 4) is 12.3 Å². The standard InChI is InChI=1S/C8H14N2O/c1-5-8(11)9-7(2)6-10(3)4/h1,7H,6H2,2-4H3,(H,9,11)/t7-/m0/s1. The first kappa shape index (κ1) is 9.99. The van der Waals surface area contributed by atoms with E-state index in [2.05, 4.69) is 5.32 Å². The van der Waals surface area contributed by atoms with E-state index >= 15 is 0 Å². The summed E-state index contributed by atoms with van der Waals surface area (Å²) in [6, 6.07) is 0.105. The fourth-order valence-corrected chi connectivity index (χ4v) is 0.859. The molecule has 3 nitrogen and oxygen atoms in total. The molecule has 0 aromatic carbocycles. The third-order valence-corrected chi connectivity index (χ3v) is 1.15. The van der Waals surface area contributed by atoms with Crippen LogP contribution < -0.4 is 5.32 Å². The van der Waals surface area contributed by atoms with E-state index in [0.717, 1.165) is 6.54 Å². The first-order valence-corrected chi connectivity index (χ1v) is 3.48. The van der Waals surface area contributed by atoms with Crippen LogP contribution in [0.2, 0.25) is 0 Å². The van der Waals surface area contributed by atoms with E-state index in [4.69, 9.17) is 6.42 Å². The summed E-state index contributed by atoms with van der Waals surface area (Å²) >= 11 is 0. The van der Waals surface area contributed by atoms with Crippen LogP contribution in [-0.2, 0) is 4.79 Å². The van der Waals surface area contributed by atoms with Gasteiger partial charge < -0.3 is 10.2 Å². The van der Waals surface area contributed by atoms with Crippen LogP contribution in [0.15, 0.2) is 0 Å². The fourth-order valence-electron chi connectivity index (χ4n) is 0.859. The average molecular weight is 154 g/mol. The second-order valence-electron chi connectivity index (χ2n) is 2.78. The summed E-state index contributed by atoms with van der Waals surface area (Å²) in [6.07, 6.45) is 4.88. The Bertz CT molecular complexity index is 169.